The second-order valence-electron chi connectivity index (χ2n) is 5.80. The number of anilines is 1. The molecular formula is C21H23NO6. The number of ether oxygens (including phenoxy) is 3. The molecule has 0 aliphatic carbocycles. The first-order valence-corrected chi connectivity index (χ1v) is 8.69. The largest absolute Gasteiger partial charge is 0.494 e. The summed E-state index contributed by atoms with van der Waals surface area (Å²) in [7, 11) is 2.83. The van der Waals surface area contributed by atoms with E-state index in [1.54, 1.807) is 6.08 Å². The molecule has 1 amide bonds. The van der Waals surface area contributed by atoms with E-state index < -0.39 is 11.9 Å². The highest BCUT2D eigenvalue weighted by molar-refractivity contribution is 6.06. The zero-order valence-corrected chi connectivity index (χ0v) is 16.0. The quantitative estimate of drug-likeness (QED) is 0.637. The number of amides is 1. The van der Waals surface area contributed by atoms with E-state index in [4.69, 9.17) is 14.2 Å². The Morgan fingerprint density at radius 1 is 1.07 bits per heavy atom. The molecule has 0 saturated carbocycles. The average molecular weight is 385 g/mol. The number of nitrogens with one attached hydrogen (secondary N) is 1. The Balaban J connectivity index is 2.13. The molecule has 0 radical (unpaired) electrons. The summed E-state index contributed by atoms with van der Waals surface area (Å²) < 4.78 is 15.8. The second-order valence-corrected chi connectivity index (χ2v) is 5.80. The fourth-order valence-electron chi connectivity index (χ4n) is 2.40. The third-order valence-corrected chi connectivity index (χ3v) is 3.79. The van der Waals surface area contributed by atoms with E-state index in [1.807, 2.05) is 31.2 Å². The molecule has 2 aromatic carbocycles. The molecular weight excluding hydrogens is 362 g/mol. The van der Waals surface area contributed by atoms with Crippen LogP contribution in [0.2, 0.25) is 0 Å². The molecule has 0 fully saturated rings. The number of aromatic carboxylic acids is 1. The van der Waals surface area contributed by atoms with Crippen molar-refractivity contribution in [3.05, 3.63) is 53.6 Å². The van der Waals surface area contributed by atoms with Crippen LogP contribution in [-0.2, 0) is 4.79 Å². The summed E-state index contributed by atoms with van der Waals surface area (Å²) in [4.78, 5) is 23.7. The van der Waals surface area contributed by atoms with Crippen molar-refractivity contribution in [3.8, 4) is 17.2 Å². The van der Waals surface area contributed by atoms with Crippen LogP contribution in [0.4, 0.5) is 5.69 Å². The molecule has 2 aromatic rings. The summed E-state index contributed by atoms with van der Waals surface area (Å²) in [5, 5.41) is 11.9. The first-order valence-electron chi connectivity index (χ1n) is 8.69. The zero-order chi connectivity index (χ0) is 20.5. The van der Waals surface area contributed by atoms with E-state index in [9.17, 15) is 14.7 Å². The van der Waals surface area contributed by atoms with E-state index in [0.29, 0.717) is 12.4 Å². The summed E-state index contributed by atoms with van der Waals surface area (Å²) in [5.41, 5.74) is 0.824. The molecule has 0 aliphatic heterocycles. The van der Waals surface area contributed by atoms with Crippen molar-refractivity contribution in [3.63, 3.8) is 0 Å². The molecule has 0 aliphatic rings. The van der Waals surface area contributed by atoms with Gasteiger partial charge in [0.05, 0.1) is 32.1 Å². The number of benzene rings is 2. The van der Waals surface area contributed by atoms with Crippen molar-refractivity contribution in [2.24, 2.45) is 0 Å². The highest BCUT2D eigenvalue weighted by Crippen LogP contribution is 2.33. The normalized spacial score (nSPS) is 10.5. The molecule has 7 nitrogen and oxygen atoms in total. The Bertz CT molecular complexity index is 858. The highest BCUT2D eigenvalue weighted by atomic mass is 16.5. The fourth-order valence-corrected chi connectivity index (χ4v) is 2.40. The van der Waals surface area contributed by atoms with Crippen LogP contribution in [0.25, 0.3) is 6.08 Å². The molecule has 0 unspecified atom stereocenters. The van der Waals surface area contributed by atoms with Crippen LogP contribution in [0.1, 0.15) is 29.3 Å². The molecule has 148 valence electrons. The Labute approximate surface area is 163 Å². The van der Waals surface area contributed by atoms with Gasteiger partial charge in [0.2, 0.25) is 5.91 Å². The Morgan fingerprint density at radius 2 is 1.71 bits per heavy atom. The maximum atomic E-state index is 12.2. The third kappa shape index (κ3) is 5.51. The first-order chi connectivity index (χ1) is 13.5. The number of carbonyl (C=O) groups excluding carboxylic acids is 1. The Hall–Kier alpha value is -3.48. The van der Waals surface area contributed by atoms with Gasteiger partial charge in [0.15, 0.2) is 11.5 Å². The molecule has 0 atom stereocenters. The van der Waals surface area contributed by atoms with E-state index in [0.717, 1.165) is 17.7 Å². The van der Waals surface area contributed by atoms with Crippen molar-refractivity contribution in [1.82, 2.24) is 0 Å². The van der Waals surface area contributed by atoms with Crippen molar-refractivity contribution in [2.45, 2.75) is 13.3 Å². The summed E-state index contributed by atoms with van der Waals surface area (Å²) in [5.74, 6) is -0.322. The van der Waals surface area contributed by atoms with Gasteiger partial charge in [-0.3, -0.25) is 4.79 Å². The van der Waals surface area contributed by atoms with Crippen molar-refractivity contribution >= 4 is 23.6 Å². The predicted molar refractivity (Wildman–Crippen MR) is 106 cm³/mol. The van der Waals surface area contributed by atoms with Crippen molar-refractivity contribution < 1.29 is 28.9 Å². The van der Waals surface area contributed by atoms with Crippen LogP contribution in [0.3, 0.4) is 0 Å². The monoisotopic (exact) mass is 385 g/mol. The Morgan fingerprint density at radius 3 is 2.29 bits per heavy atom. The SMILES string of the molecule is CCCOc1ccc(/C=C/C(=O)Nc2cc(OC)c(OC)cc2C(=O)O)cc1. The molecule has 0 aromatic heterocycles. The van der Waals surface area contributed by atoms with E-state index in [-0.39, 0.29) is 17.0 Å². The molecule has 7 heteroatoms. The van der Waals surface area contributed by atoms with Crippen molar-refractivity contribution in [1.29, 1.82) is 0 Å². The number of carbonyl (C=O) groups is 2. The number of carboxylic acids is 1. The average Bonchev–Trinajstić information content (AvgIpc) is 2.70. The molecule has 28 heavy (non-hydrogen) atoms. The van der Waals surface area contributed by atoms with Gasteiger partial charge in [-0.2, -0.15) is 0 Å². The van der Waals surface area contributed by atoms with E-state index in [2.05, 4.69) is 5.32 Å². The van der Waals surface area contributed by atoms with Gasteiger partial charge in [-0.1, -0.05) is 19.1 Å². The lowest BCUT2D eigenvalue weighted by molar-refractivity contribution is -0.111. The number of methoxy groups -OCH3 is 2. The summed E-state index contributed by atoms with van der Waals surface area (Å²) in [6.07, 6.45) is 3.88. The third-order valence-electron chi connectivity index (χ3n) is 3.79. The minimum absolute atomic E-state index is 0.100. The highest BCUT2D eigenvalue weighted by Gasteiger charge is 2.17. The number of hydrogen-bond donors (Lipinski definition) is 2. The minimum atomic E-state index is -1.19. The van der Waals surface area contributed by atoms with Gasteiger partial charge >= 0.3 is 5.97 Å². The maximum Gasteiger partial charge on any atom is 0.337 e. The number of carboxylic acid groups (broad SMARTS) is 1. The van der Waals surface area contributed by atoms with Crippen molar-refractivity contribution in [2.75, 3.05) is 26.1 Å². The van der Waals surface area contributed by atoms with Gasteiger partial charge in [0.25, 0.3) is 0 Å². The zero-order valence-electron chi connectivity index (χ0n) is 16.0. The molecule has 0 spiro atoms. The lowest BCUT2D eigenvalue weighted by Crippen LogP contribution is -2.12. The standard InChI is InChI=1S/C21H23NO6/c1-4-11-28-15-8-5-14(6-9-15)7-10-20(23)22-17-13-19(27-3)18(26-2)12-16(17)21(24)25/h5-10,12-13H,4,11H2,1-3H3,(H,22,23)(H,24,25)/b10-7+. The van der Waals surface area contributed by atoms with E-state index >= 15 is 0 Å². The lowest BCUT2D eigenvalue weighted by Gasteiger charge is -2.13. The van der Waals surface area contributed by atoms with Gasteiger partial charge in [0.1, 0.15) is 5.75 Å². The summed E-state index contributed by atoms with van der Waals surface area (Å²) in [6.45, 7) is 2.68. The molecule has 0 saturated heterocycles. The predicted octanol–water partition coefficient (Wildman–Crippen LogP) is 3.84. The lowest BCUT2D eigenvalue weighted by atomic mass is 10.1. The van der Waals surface area contributed by atoms with Gasteiger partial charge in [0, 0.05) is 18.2 Å². The van der Waals surface area contributed by atoms with Crippen LogP contribution < -0.4 is 19.5 Å². The van der Waals surface area contributed by atoms with Gasteiger partial charge in [-0.15, -0.1) is 0 Å². The molecule has 0 heterocycles. The first kappa shape index (κ1) is 20.8. The second kappa shape index (κ2) is 10.0. The van der Waals surface area contributed by atoms with Crippen LogP contribution in [0.15, 0.2) is 42.5 Å². The molecule has 2 rings (SSSR count). The fraction of sp³-hybridized carbons (Fsp3) is 0.238. The number of rotatable bonds is 9. The van der Waals surface area contributed by atoms with Crippen LogP contribution in [0, 0.1) is 0 Å². The van der Waals surface area contributed by atoms with Gasteiger partial charge < -0.3 is 24.6 Å². The van der Waals surface area contributed by atoms with Gasteiger partial charge in [-0.05, 0) is 30.2 Å². The maximum absolute atomic E-state index is 12.2. The minimum Gasteiger partial charge on any atom is -0.494 e. The summed E-state index contributed by atoms with van der Waals surface area (Å²) in [6, 6.07) is 10.0. The Kier molecular flexibility index (Phi) is 7.45. The topological polar surface area (TPSA) is 94.1 Å². The van der Waals surface area contributed by atoms with Crippen LogP contribution in [0.5, 0.6) is 17.2 Å². The van der Waals surface area contributed by atoms with Crippen LogP contribution in [-0.4, -0.2) is 37.8 Å². The molecule has 2 N–H and O–H groups in total. The van der Waals surface area contributed by atoms with Crippen LogP contribution >= 0.6 is 0 Å². The number of hydrogen-bond acceptors (Lipinski definition) is 5. The summed E-state index contributed by atoms with van der Waals surface area (Å²) >= 11 is 0. The smallest absolute Gasteiger partial charge is 0.337 e. The van der Waals surface area contributed by atoms with E-state index in [1.165, 1.54) is 32.4 Å². The van der Waals surface area contributed by atoms with Gasteiger partial charge in [-0.25, -0.2) is 4.79 Å². The molecule has 0 bridgehead atoms.